The normalized spacial score (nSPS) is 16.0. The number of hydrogen-bond donors (Lipinski definition) is 0. The van der Waals surface area contributed by atoms with Crippen molar-refractivity contribution >= 4 is 5.97 Å². The second kappa shape index (κ2) is 11.7. The third kappa shape index (κ3) is 6.82. The third-order valence-corrected chi connectivity index (χ3v) is 4.81. The minimum Gasteiger partial charge on any atom is -0.450 e. The molecule has 1 fully saturated rings. The highest BCUT2D eigenvalue weighted by Gasteiger charge is 2.27. The Balaban J connectivity index is 1.92. The molecule has 0 bridgehead atoms. The first-order chi connectivity index (χ1) is 12.7. The van der Waals surface area contributed by atoms with Crippen LogP contribution in [0.3, 0.4) is 0 Å². The van der Waals surface area contributed by atoms with E-state index < -0.39 is 6.10 Å². The molecule has 1 unspecified atom stereocenters. The van der Waals surface area contributed by atoms with Crippen molar-refractivity contribution in [2.24, 2.45) is 0 Å². The minimum atomic E-state index is -0.663. The predicted octanol–water partition coefficient (Wildman–Crippen LogP) is 3.97. The summed E-state index contributed by atoms with van der Waals surface area (Å²) in [5.41, 5.74) is 0.846. The van der Waals surface area contributed by atoms with Gasteiger partial charge in [0.2, 0.25) is 0 Å². The van der Waals surface area contributed by atoms with Crippen LogP contribution in [-0.4, -0.2) is 43.2 Å². The van der Waals surface area contributed by atoms with Crippen LogP contribution in [0.5, 0.6) is 0 Å². The van der Waals surface area contributed by atoms with Gasteiger partial charge in [0.05, 0.1) is 12.6 Å². The smallest absolute Gasteiger partial charge is 0.340 e. The zero-order valence-electron chi connectivity index (χ0n) is 16.1. The first kappa shape index (κ1) is 20.5. The monoisotopic (exact) mass is 357 g/mol. The summed E-state index contributed by atoms with van der Waals surface area (Å²) in [6, 6.07) is 9.61. The van der Waals surface area contributed by atoms with Crippen LogP contribution in [0.4, 0.5) is 0 Å². The lowest BCUT2D eigenvalue weighted by atomic mass is 9.97. The van der Waals surface area contributed by atoms with Crippen molar-refractivity contribution in [1.82, 2.24) is 4.90 Å². The molecule has 4 nitrogen and oxygen atoms in total. The van der Waals surface area contributed by atoms with Crippen LogP contribution < -0.4 is 0 Å². The third-order valence-electron chi connectivity index (χ3n) is 4.81. The number of rotatable bonds is 8. The zero-order valence-corrected chi connectivity index (χ0v) is 16.1. The van der Waals surface area contributed by atoms with Crippen LogP contribution in [0.25, 0.3) is 0 Å². The maximum Gasteiger partial charge on any atom is 0.340 e. The largest absolute Gasteiger partial charge is 0.450 e. The summed E-state index contributed by atoms with van der Waals surface area (Å²) >= 11 is 0. The summed E-state index contributed by atoms with van der Waals surface area (Å²) in [7, 11) is 0. The van der Waals surface area contributed by atoms with Gasteiger partial charge in [0, 0.05) is 0 Å². The van der Waals surface area contributed by atoms with E-state index >= 15 is 0 Å². The second-order valence-electron chi connectivity index (χ2n) is 6.61. The van der Waals surface area contributed by atoms with E-state index in [0.29, 0.717) is 6.54 Å². The lowest BCUT2D eigenvalue weighted by Crippen LogP contribution is -2.26. The van der Waals surface area contributed by atoms with E-state index in [9.17, 15) is 4.79 Å². The maximum absolute atomic E-state index is 12.6. The van der Waals surface area contributed by atoms with Gasteiger partial charge >= 0.3 is 5.97 Å². The second-order valence-corrected chi connectivity index (χ2v) is 6.61. The van der Waals surface area contributed by atoms with Crippen molar-refractivity contribution in [3.63, 3.8) is 0 Å². The molecule has 0 aromatic heterocycles. The molecule has 0 spiro atoms. The summed E-state index contributed by atoms with van der Waals surface area (Å²) in [6.07, 6.45) is 5.08. The fraction of sp³-hybridized carbons (Fsp3) is 0.591. The number of carbonyl (C=O) groups excluding carboxylic acids is 1. The van der Waals surface area contributed by atoms with Gasteiger partial charge in [-0.1, -0.05) is 75.3 Å². The van der Waals surface area contributed by atoms with Crippen LogP contribution in [0, 0.1) is 11.8 Å². The van der Waals surface area contributed by atoms with Gasteiger partial charge in [-0.25, -0.2) is 4.79 Å². The molecule has 1 aliphatic carbocycles. The van der Waals surface area contributed by atoms with E-state index in [-0.39, 0.29) is 18.7 Å². The van der Waals surface area contributed by atoms with E-state index in [0.717, 1.165) is 44.3 Å². The van der Waals surface area contributed by atoms with Crippen LogP contribution in [0.1, 0.15) is 57.6 Å². The Morgan fingerprint density at radius 1 is 1.12 bits per heavy atom. The molecular formula is C22H31NO3. The molecule has 0 radical (unpaired) electrons. The Bertz CT molecular complexity index is 580. The van der Waals surface area contributed by atoms with Crippen LogP contribution in [-0.2, 0) is 14.3 Å². The summed E-state index contributed by atoms with van der Waals surface area (Å²) in [5.74, 6) is 5.65. The number of ether oxygens (including phenoxy) is 2. The Hall–Kier alpha value is -1.83. The molecule has 1 aliphatic rings. The molecule has 0 N–H and O–H groups in total. The van der Waals surface area contributed by atoms with E-state index in [4.69, 9.17) is 9.47 Å². The number of hydrogen-bond acceptors (Lipinski definition) is 4. The Kier molecular flexibility index (Phi) is 9.23. The van der Waals surface area contributed by atoms with E-state index in [2.05, 4.69) is 30.6 Å². The first-order valence-corrected chi connectivity index (χ1v) is 9.79. The van der Waals surface area contributed by atoms with E-state index in [1.54, 1.807) is 0 Å². The molecular weight excluding hydrogens is 326 g/mol. The van der Waals surface area contributed by atoms with Crippen molar-refractivity contribution in [1.29, 1.82) is 0 Å². The molecule has 0 aliphatic heterocycles. The molecule has 1 atom stereocenters. The van der Waals surface area contributed by atoms with Gasteiger partial charge in [0.1, 0.15) is 0 Å². The molecule has 4 heteroatoms. The fourth-order valence-corrected chi connectivity index (χ4v) is 3.14. The standard InChI is InChI=1S/C22H31NO3/c1-3-23(4-2)17-11-12-18-25-22(24)21(19-13-7-5-8-14-19)26-20-15-9-6-10-16-20/h5,7-8,13-14,20-21H,3-4,6,9-10,15-18H2,1-2H3. The number of carbonyl (C=O) groups is 1. The van der Waals surface area contributed by atoms with Gasteiger partial charge in [0.15, 0.2) is 12.7 Å². The molecule has 2 rings (SSSR count). The molecule has 1 aromatic carbocycles. The highest BCUT2D eigenvalue weighted by atomic mass is 16.6. The minimum absolute atomic E-state index is 0.109. The molecule has 1 saturated carbocycles. The van der Waals surface area contributed by atoms with Gasteiger partial charge in [-0.05, 0) is 31.5 Å². The molecule has 1 aromatic rings. The van der Waals surface area contributed by atoms with Crippen molar-refractivity contribution in [3.8, 4) is 11.8 Å². The molecule has 0 saturated heterocycles. The van der Waals surface area contributed by atoms with Crippen molar-refractivity contribution in [2.45, 2.75) is 58.2 Å². The Labute approximate surface area is 157 Å². The summed E-state index contributed by atoms with van der Waals surface area (Å²) in [4.78, 5) is 14.8. The van der Waals surface area contributed by atoms with Gasteiger partial charge in [0.25, 0.3) is 0 Å². The average molecular weight is 357 g/mol. The van der Waals surface area contributed by atoms with E-state index in [1.807, 2.05) is 30.3 Å². The van der Waals surface area contributed by atoms with Crippen molar-refractivity contribution < 1.29 is 14.3 Å². The van der Waals surface area contributed by atoms with Crippen LogP contribution in [0.2, 0.25) is 0 Å². The highest BCUT2D eigenvalue weighted by molar-refractivity contribution is 5.76. The number of benzene rings is 1. The van der Waals surface area contributed by atoms with Crippen molar-refractivity contribution in [2.75, 3.05) is 26.2 Å². The summed E-state index contributed by atoms with van der Waals surface area (Å²) in [5, 5.41) is 0. The molecule has 0 amide bonds. The van der Waals surface area contributed by atoms with Crippen LogP contribution >= 0.6 is 0 Å². The van der Waals surface area contributed by atoms with Gasteiger partial charge < -0.3 is 9.47 Å². The van der Waals surface area contributed by atoms with Gasteiger partial charge in [-0.2, -0.15) is 0 Å². The zero-order chi connectivity index (χ0) is 18.6. The van der Waals surface area contributed by atoms with Gasteiger partial charge in [-0.15, -0.1) is 0 Å². The van der Waals surface area contributed by atoms with E-state index in [1.165, 1.54) is 6.42 Å². The molecule has 26 heavy (non-hydrogen) atoms. The predicted molar refractivity (Wildman–Crippen MR) is 104 cm³/mol. The summed E-state index contributed by atoms with van der Waals surface area (Å²) < 4.78 is 11.5. The molecule has 142 valence electrons. The Morgan fingerprint density at radius 2 is 1.81 bits per heavy atom. The van der Waals surface area contributed by atoms with Crippen LogP contribution in [0.15, 0.2) is 30.3 Å². The average Bonchev–Trinajstić information content (AvgIpc) is 2.70. The maximum atomic E-state index is 12.6. The topological polar surface area (TPSA) is 38.8 Å². The highest BCUT2D eigenvalue weighted by Crippen LogP contribution is 2.27. The first-order valence-electron chi connectivity index (χ1n) is 9.79. The fourth-order valence-electron chi connectivity index (χ4n) is 3.14. The lowest BCUT2D eigenvalue weighted by Gasteiger charge is -2.26. The summed E-state index contributed by atoms with van der Waals surface area (Å²) in [6.45, 7) is 6.96. The lowest BCUT2D eigenvalue weighted by molar-refractivity contribution is -0.161. The number of esters is 1. The Morgan fingerprint density at radius 3 is 2.46 bits per heavy atom. The molecule has 0 heterocycles. The SMILES string of the molecule is CCN(CC)CC#CCOC(=O)C(OC1CCCCC1)c1ccccc1. The van der Waals surface area contributed by atoms with Crippen molar-refractivity contribution in [3.05, 3.63) is 35.9 Å². The quantitative estimate of drug-likeness (QED) is 0.521. The van der Waals surface area contributed by atoms with Gasteiger partial charge in [-0.3, -0.25) is 4.90 Å². The number of nitrogens with zero attached hydrogens (tertiary/aromatic N) is 1.